The van der Waals surface area contributed by atoms with E-state index in [1.54, 1.807) is 24.9 Å². The molecular weight excluding hydrogens is 400 g/mol. The smallest absolute Gasteiger partial charge is 0.266 e. The first-order valence-corrected chi connectivity index (χ1v) is 12.1. The first kappa shape index (κ1) is 24.8. The number of nitrogens with zero attached hydrogens (tertiary/aromatic N) is 1. The fourth-order valence-electron chi connectivity index (χ4n) is 5.33. The number of aromatic amines is 1. The number of nitrogens with one attached hydrogen (secondary N) is 1. The van der Waals surface area contributed by atoms with Gasteiger partial charge in [-0.05, 0) is 53.7 Å². The van der Waals surface area contributed by atoms with Crippen LogP contribution in [0.1, 0.15) is 94.5 Å². The molecule has 2 unspecified atom stereocenters. The fraction of sp³-hybridized carbons (Fsp3) is 0.667. The molecule has 1 aliphatic heterocycles. The van der Waals surface area contributed by atoms with Gasteiger partial charge in [0.1, 0.15) is 0 Å². The maximum Gasteiger partial charge on any atom is 0.266 e. The van der Waals surface area contributed by atoms with Crippen LogP contribution in [0.5, 0.6) is 0 Å². The highest BCUT2D eigenvalue weighted by atomic mass is 16.5. The summed E-state index contributed by atoms with van der Waals surface area (Å²) in [7, 11) is 3.59. The van der Waals surface area contributed by atoms with Crippen molar-refractivity contribution < 1.29 is 9.47 Å². The predicted octanol–water partition coefficient (Wildman–Crippen LogP) is 5.39. The number of benzene rings is 1. The van der Waals surface area contributed by atoms with Crippen LogP contribution in [0.3, 0.4) is 0 Å². The van der Waals surface area contributed by atoms with Gasteiger partial charge in [-0.1, -0.05) is 52.8 Å². The zero-order valence-electron chi connectivity index (χ0n) is 21.1. The summed E-state index contributed by atoms with van der Waals surface area (Å²) < 4.78 is 13.1. The Labute approximate surface area is 193 Å². The number of aryl methyl sites for hydroxylation is 1. The summed E-state index contributed by atoms with van der Waals surface area (Å²) in [6.07, 6.45) is 3.95. The third kappa shape index (κ3) is 5.04. The normalized spacial score (nSPS) is 18.5. The number of hydrogen-bond donors (Lipinski definition) is 1. The molecule has 1 aromatic heterocycles. The summed E-state index contributed by atoms with van der Waals surface area (Å²) in [5.74, 6) is 0.601. The molecule has 0 amide bonds. The van der Waals surface area contributed by atoms with Crippen LogP contribution < -0.4 is 5.56 Å². The summed E-state index contributed by atoms with van der Waals surface area (Å²) in [5.41, 5.74) is 5.20. The third-order valence-corrected chi connectivity index (χ3v) is 7.40. The van der Waals surface area contributed by atoms with E-state index >= 15 is 0 Å². The molecule has 1 aliphatic rings. The van der Waals surface area contributed by atoms with Crippen molar-refractivity contribution >= 4 is 0 Å². The van der Waals surface area contributed by atoms with Crippen molar-refractivity contribution in [2.75, 3.05) is 26.9 Å². The van der Waals surface area contributed by atoms with Crippen LogP contribution in [-0.4, -0.2) is 36.7 Å². The summed E-state index contributed by atoms with van der Waals surface area (Å²) >= 11 is 0. The van der Waals surface area contributed by atoms with Crippen molar-refractivity contribution in [2.24, 2.45) is 7.05 Å². The van der Waals surface area contributed by atoms with Crippen LogP contribution in [0.4, 0.5) is 0 Å². The van der Waals surface area contributed by atoms with Gasteiger partial charge < -0.3 is 9.47 Å². The molecule has 2 atom stereocenters. The third-order valence-electron chi connectivity index (χ3n) is 7.40. The van der Waals surface area contributed by atoms with E-state index in [9.17, 15) is 4.79 Å². The maximum atomic E-state index is 12.2. The monoisotopic (exact) mass is 442 g/mol. The average Bonchev–Trinajstić information content (AvgIpc) is 3.09. The van der Waals surface area contributed by atoms with Crippen LogP contribution in [0, 0.1) is 0 Å². The summed E-state index contributed by atoms with van der Waals surface area (Å²) in [5, 5.41) is 3.30. The second-order valence-electron chi connectivity index (χ2n) is 10.6. The Hall–Kier alpha value is -1.85. The van der Waals surface area contributed by atoms with Gasteiger partial charge in [-0.25, -0.2) is 0 Å². The minimum atomic E-state index is -0.00985. The molecule has 2 aromatic rings. The molecule has 0 bridgehead atoms. The molecule has 0 saturated carbocycles. The van der Waals surface area contributed by atoms with Gasteiger partial charge in [0.15, 0.2) is 0 Å². The molecule has 1 N–H and O–H groups in total. The Morgan fingerprint density at radius 3 is 2.25 bits per heavy atom. The average molecular weight is 443 g/mol. The van der Waals surface area contributed by atoms with Crippen molar-refractivity contribution in [1.82, 2.24) is 9.78 Å². The van der Waals surface area contributed by atoms with Crippen molar-refractivity contribution in [3.05, 3.63) is 57.0 Å². The van der Waals surface area contributed by atoms with Crippen LogP contribution in [0.2, 0.25) is 0 Å². The Morgan fingerprint density at radius 2 is 1.75 bits per heavy atom. The molecule has 1 fully saturated rings. The highest BCUT2D eigenvalue weighted by molar-refractivity contribution is 5.41. The SMILES string of the molecule is CCC(c1cc(C(C)(C)C)cc(C2(COC)CCOCC2)c1)C(CC)c1cc(=O)n(C)[nH]1. The van der Waals surface area contributed by atoms with Gasteiger partial charge in [0, 0.05) is 50.5 Å². The van der Waals surface area contributed by atoms with Gasteiger partial charge in [0.25, 0.3) is 5.56 Å². The van der Waals surface area contributed by atoms with Crippen LogP contribution in [-0.2, 0) is 27.4 Å². The van der Waals surface area contributed by atoms with E-state index in [4.69, 9.17) is 9.47 Å². The van der Waals surface area contributed by atoms with Gasteiger partial charge in [-0.2, -0.15) is 0 Å². The Balaban J connectivity index is 2.15. The molecule has 5 heteroatoms. The lowest BCUT2D eigenvalue weighted by Crippen LogP contribution is -2.38. The molecule has 1 saturated heterocycles. The maximum absolute atomic E-state index is 12.2. The van der Waals surface area contributed by atoms with Crippen LogP contribution in [0.15, 0.2) is 29.1 Å². The Morgan fingerprint density at radius 1 is 1.09 bits per heavy atom. The second kappa shape index (κ2) is 9.96. The van der Waals surface area contributed by atoms with E-state index in [0.717, 1.165) is 44.6 Å². The zero-order chi connectivity index (χ0) is 23.5. The summed E-state index contributed by atoms with van der Waals surface area (Å²) in [6, 6.07) is 9.01. The lowest BCUT2D eigenvalue weighted by atomic mass is 9.70. The van der Waals surface area contributed by atoms with Crippen molar-refractivity contribution in [2.45, 2.75) is 83.0 Å². The number of methoxy groups -OCH3 is 1. The van der Waals surface area contributed by atoms with Crippen molar-refractivity contribution in [3.8, 4) is 0 Å². The van der Waals surface area contributed by atoms with Crippen LogP contribution >= 0.6 is 0 Å². The Bertz CT molecular complexity index is 939. The minimum absolute atomic E-state index is 0.00985. The van der Waals surface area contributed by atoms with E-state index in [2.05, 4.69) is 57.9 Å². The van der Waals surface area contributed by atoms with E-state index in [1.807, 2.05) is 0 Å². The fourth-order valence-corrected chi connectivity index (χ4v) is 5.33. The number of H-pyrrole nitrogens is 1. The number of hydrogen-bond acceptors (Lipinski definition) is 3. The molecule has 1 aromatic carbocycles. The summed E-state index contributed by atoms with van der Waals surface area (Å²) in [6.45, 7) is 13.6. The van der Waals surface area contributed by atoms with Gasteiger partial charge >= 0.3 is 0 Å². The van der Waals surface area contributed by atoms with E-state index in [1.165, 1.54) is 16.7 Å². The first-order valence-electron chi connectivity index (χ1n) is 12.1. The van der Waals surface area contributed by atoms with E-state index in [0.29, 0.717) is 12.5 Å². The quantitative estimate of drug-likeness (QED) is 0.596. The molecule has 0 aliphatic carbocycles. The number of ether oxygens (including phenoxy) is 2. The first-order chi connectivity index (χ1) is 15.1. The van der Waals surface area contributed by atoms with E-state index < -0.39 is 0 Å². The predicted molar refractivity (Wildman–Crippen MR) is 131 cm³/mol. The van der Waals surface area contributed by atoms with Crippen LogP contribution in [0.25, 0.3) is 0 Å². The van der Waals surface area contributed by atoms with Gasteiger partial charge in [0.2, 0.25) is 0 Å². The largest absolute Gasteiger partial charge is 0.384 e. The number of rotatable bonds is 8. The topological polar surface area (TPSA) is 56.2 Å². The minimum Gasteiger partial charge on any atom is -0.384 e. The highest BCUT2D eigenvalue weighted by Gasteiger charge is 2.36. The van der Waals surface area contributed by atoms with Gasteiger partial charge in [-0.3, -0.25) is 14.6 Å². The highest BCUT2D eigenvalue weighted by Crippen LogP contribution is 2.43. The van der Waals surface area contributed by atoms with Gasteiger partial charge in [-0.15, -0.1) is 0 Å². The molecule has 0 radical (unpaired) electrons. The van der Waals surface area contributed by atoms with Crippen molar-refractivity contribution in [1.29, 1.82) is 0 Å². The molecule has 5 nitrogen and oxygen atoms in total. The molecule has 32 heavy (non-hydrogen) atoms. The second-order valence-corrected chi connectivity index (χ2v) is 10.6. The lowest BCUT2D eigenvalue weighted by Gasteiger charge is -2.39. The molecule has 0 spiro atoms. The molecule has 178 valence electrons. The number of aromatic nitrogens is 2. The zero-order valence-corrected chi connectivity index (χ0v) is 21.1. The Kier molecular flexibility index (Phi) is 7.72. The summed E-state index contributed by atoms with van der Waals surface area (Å²) in [4.78, 5) is 12.2. The molecule has 2 heterocycles. The van der Waals surface area contributed by atoms with Gasteiger partial charge in [0.05, 0.1) is 6.61 Å². The van der Waals surface area contributed by atoms with Crippen molar-refractivity contribution in [3.63, 3.8) is 0 Å². The molecular formula is C27H42N2O3. The molecule has 3 rings (SSSR count). The standard InChI is InChI=1S/C27H42N2O3/c1-8-22(23(9-2)24-17-25(30)29(6)28-24)19-14-20(26(3,4)5)16-21(15-19)27(18-31-7)10-12-32-13-11-27/h14-17,22-23,28H,8-13,18H2,1-7H3. The lowest BCUT2D eigenvalue weighted by molar-refractivity contribution is 0.0135. The van der Waals surface area contributed by atoms with E-state index in [-0.39, 0.29) is 22.3 Å².